The quantitative estimate of drug-likeness (QED) is 0.130. The molecule has 3 aliphatic rings. The Hall–Kier alpha value is -3.53. The monoisotopic (exact) mass is 598 g/mol. The minimum Gasteiger partial charge on any atom is -0.461 e. The highest BCUT2D eigenvalue weighted by Gasteiger charge is 2.56. The number of rotatable bonds is 6. The van der Waals surface area contributed by atoms with E-state index in [0.717, 1.165) is 42.4 Å². The molecule has 7 rings (SSSR count). The van der Waals surface area contributed by atoms with E-state index in [0.29, 0.717) is 47.3 Å². The standard InChI is InChI=1S/C34H38N4O4S/c1-22-5-3-14-33(2)28(11-15-34(33,41)21-43-32-36-31(37-38-32)24-12-16-35-17-13-24)26-10-8-23(19-25(39)9-7-22)20-27(26)30(40)29-6-4-18-42-29/h4-6,8,10,12-13,16-18,20,25,28,39,41H,3,7,9,11,14-15,19,21H2,1-2H3,(H,36,37,38). The Morgan fingerprint density at radius 3 is 2.79 bits per heavy atom. The number of benzene rings is 1. The highest BCUT2D eigenvalue weighted by Crippen LogP contribution is 2.59. The van der Waals surface area contributed by atoms with Gasteiger partial charge in [0.15, 0.2) is 11.6 Å². The molecule has 0 spiro atoms. The third-order valence-corrected chi connectivity index (χ3v) is 10.6. The van der Waals surface area contributed by atoms with Gasteiger partial charge in [-0.05, 0) is 99.2 Å². The number of thioether (sulfide) groups is 1. The molecule has 3 aromatic heterocycles. The fourth-order valence-electron chi connectivity index (χ4n) is 6.85. The second-order valence-corrected chi connectivity index (χ2v) is 13.2. The van der Waals surface area contributed by atoms with E-state index in [1.807, 2.05) is 30.3 Å². The number of allylic oxidation sites excluding steroid dienone is 2. The summed E-state index contributed by atoms with van der Waals surface area (Å²) in [5, 5.41) is 31.2. The summed E-state index contributed by atoms with van der Waals surface area (Å²) < 4.78 is 5.53. The zero-order chi connectivity index (χ0) is 30.0. The van der Waals surface area contributed by atoms with E-state index in [4.69, 9.17) is 4.42 Å². The van der Waals surface area contributed by atoms with Crippen molar-refractivity contribution in [1.82, 2.24) is 20.2 Å². The predicted octanol–water partition coefficient (Wildman–Crippen LogP) is 6.52. The number of nitrogens with zero attached hydrogens (tertiary/aromatic N) is 3. The predicted molar refractivity (Wildman–Crippen MR) is 166 cm³/mol. The van der Waals surface area contributed by atoms with E-state index in [2.05, 4.69) is 40.1 Å². The molecule has 4 aromatic rings. The molecule has 1 fully saturated rings. The van der Waals surface area contributed by atoms with Crippen molar-refractivity contribution in [3.63, 3.8) is 0 Å². The van der Waals surface area contributed by atoms with Crippen LogP contribution in [0.3, 0.4) is 0 Å². The lowest BCUT2D eigenvalue weighted by Gasteiger charge is -2.44. The Balaban J connectivity index is 1.35. The van der Waals surface area contributed by atoms with Crippen LogP contribution in [0.5, 0.6) is 0 Å². The van der Waals surface area contributed by atoms with Gasteiger partial charge in [0.1, 0.15) is 0 Å². The highest BCUT2D eigenvalue weighted by molar-refractivity contribution is 7.99. The number of aromatic amines is 1. The van der Waals surface area contributed by atoms with E-state index in [-0.39, 0.29) is 11.7 Å². The maximum Gasteiger partial charge on any atom is 0.228 e. The van der Waals surface area contributed by atoms with E-state index in [1.54, 1.807) is 24.5 Å². The van der Waals surface area contributed by atoms with Crippen LogP contribution in [0.4, 0.5) is 0 Å². The molecule has 8 nitrogen and oxygen atoms in total. The number of hydrogen-bond acceptors (Lipinski definition) is 8. The van der Waals surface area contributed by atoms with Gasteiger partial charge in [0.25, 0.3) is 0 Å². The maximum absolute atomic E-state index is 13.8. The van der Waals surface area contributed by atoms with Gasteiger partial charge in [-0.3, -0.25) is 14.9 Å². The first kappa shape index (κ1) is 29.5. The number of carbonyl (C=O) groups is 1. The number of aliphatic hydroxyl groups excluding tert-OH is 1. The third kappa shape index (κ3) is 5.98. The van der Waals surface area contributed by atoms with E-state index in [9.17, 15) is 15.0 Å². The molecule has 1 saturated carbocycles. The Labute approximate surface area is 256 Å². The van der Waals surface area contributed by atoms with Crippen molar-refractivity contribution in [2.45, 2.75) is 81.6 Å². The minimum atomic E-state index is -1.02. The van der Waals surface area contributed by atoms with E-state index < -0.39 is 17.1 Å². The summed E-state index contributed by atoms with van der Waals surface area (Å²) in [6.07, 6.45) is 11.5. The molecule has 4 unspecified atom stereocenters. The first-order chi connectivity index (χ1) is 20.8. The lowest BCUT2D eigenvalue weighted by atomic mass is 9.65. The summed E-state index contributed by atoms with van der Waals surface area (Å²) >= 11 is 1.46. The number of aliphatic hydroxyl groups is 2. The smallest absolute Gasteiger partial charge is 0.228 e. The number of aromatic nitrogens is 4. The summed E-state index contributed by atoms with van der Waals surface area (Å²) in [6, 6.07) is 13.2. The molecule has 3 N–H and O–H groups in total. The van der Waals surface area contributed by atoms with Crippen LogP contribution in [0, 0.1) is 5.41 Å². The molecule has 0 radical (unpaired) electrons. The van der Waals surface area contributed by atoms with Crippen LogP contribution in [0.2, 0.25) is 0 Å². The zero-order valence-corrected chi connectivity index (χ0v) is 25.4. The summed E-state index contributed by atoms with van der Waals surface area (Å²) in [7, 11) is 0. The molecule has 0 saturated heterocycles. The fourth-order valence-corrected chi connectivity index (χ4v) is 7.96. The molecule has 43 heavy (non-hydrogen) atoms. The molecule has 3 heterocycles. The van der Waals surface area contributed by atoms with Crippen molar-refractivity contribution in [2.75, 3.05) is 5.75 Å². The SMILES string of the molecule is CC1=CCCC2(C)C(CCC2(O)CSc2n[nH]c(-c3ccncc3)n2)c2ccc(cc2C(=O)c2ccco2)CC(O)CC1. The number of ketones is 1. The molecular weight excluding hydrogens is 560 g/mol. The van der Waals surface area contributed by atoms with Crippen molar-refractivity contribution >= 4 is 17.5 Å². The third-order valence-electron chi connectivity index (χ3n) is 9.52. The van der Waals surface area contributed by atoms with Crippen molar-refractivity contribution in [1.29, 1.82) is 0 Å². The average molecular weight is 599 g/mol. The van der Waals surface area contributed by atoms with Gasteiger partial charge in [-0.25, -0.2) is 4.98 Å². The van der Waals surface area contributed by atoms with Crippen LogP contribution < -0.4 is 0 Å². The van der Waals surface area contributed by atoms with E-state index >= 15 is 0 Å². The van der Waals surface area contributed by atoms with Gasteiger partial charge in [0.05, 0.1) is 18.0 Å². The summed E-state index contributed by atoms with van der Waals surface area (Å²) in [5.74, 6) is 1.16. The van der Waals surface area contributed by atoms with E-state index in [1.165, 1.54) is 23.6 Å². The van der Waals surface area contributed by atoms with Gasteiger partial charge >= 0.3 is 0 Å². The second-order valence-electron chi connectivity index (χ2n) is 12.2. The van der Waals surface area contributed by atoms with Gasteiger partial charge in [0.2, 0.25) is 10.9 Å². The Morgan fingerprint density at radius 2 is 2.00 bits per heavy atom. The van der Waals surface area contributed by atoms with Crippen LogP contribution in [0.15, 0.2) is 82.3 Å². The van der Waals surface area contributed by atoms with Gasteiger partial charge in [-0.1, -0.05) is 42.5 Å². The van der Waals surface area contributed by atoms with Gasteiger partial charge < -0.3 is 14.6 Å². The lowest BCUT2D eigenvalue weighted by molar-refractivity contribution is -0.0422. The number of nitrogens with one attached hydrogen (secondary N) is 1. The average Bonchev–Trinajstić information content (AvgIpc) is 3.77. The van der Waals surface area contributed by atoms with Crippen molar-refractivity contribution in [3.8, 4) is 11.4 Å². The molecule has 0 amide bonds. The van der Waals surface area contributed by atoms with Crippen molar-refractivity contribution < 1.29 is 19.4 Å². The first-order valence-corrected chi connectivity index (χ1v) is 16.0. The Kier molecular flexibility index (Phi) is 8.40. The number of H-pyrrole nitrogens is 1. The zero-order valence-electron chi connectivity index (χ0n) is 24.6. The fraction of sp³-hybridized carbons (Fsp3) is 0.412. The maximum atomic E-state index is 13.8. The van der Waals surface area contributed by atoms with Crippen LogP contribution in [-0.4, -0.2) is 53.6 Å². The molecule has 0 aliphatic heterocycles. The Morgan fingerprint density at radius 1 is 1.16 bits per heavy atom. The Bertz CT molecular complexity index is 1600. The summed E-state index contributed by atoms with van der Waals surface area (Å²) in [5.41, 5.74) is 3.05. The summed E-state index contributed by atoms with van der Waals surface area (Å²) in [6.45, 7) is 4.30. The topological polar surface area (TPSA) is 125 Å². The van der Waals surface area contributed by atoms with Gasteiger partial charge in [0, 0.05) is 34.7 Å². The first-order valence-electron chi connectivity index (χ1n) is 15.0. The van der Waals surface area contributed by atoms with Crippen LogP contribution in [0.1, 0.15) is 85.5 Å². The van der Waals surface area contributed by atoms with Gasteiger partial charge in [-0.15, -0.1) is 5.10 Å². The number of furan rings is 1. The molecule has 4 atom stereocenters. The van der Waals surface area contributed by atoms with Crippen molar-refractivity contribution in [2.24, 2.45) is 5.41 Å². The van der Waals surface area contributed by atoms with Crippen LogP contribution in [-0.2, 0) is 6.42 Å². The minimum absolute atomic E-state index is 0.0536. The number of pyridine rings is 1. The molecule has 2 bridgehead atoms. The second kappa shape index (κ2) is 12.2. The van der Waals surface area contributed by atoms with Crippen LogP contribution in [0.25, 0.3) is 11.4 Å². The molecule has 9 heteroatoms. The van der Waals surface area contributed by atoms with Gasteiger partial charge in [-0.2, -0.15) is 0 Å². The lowest BCUT2D eigenvalue weighted by Crippen LogP contribution is -2.46. The number of hydrogen-bond donors (Lipinski definition) is 3. The molecular formula is C34H38N4O4S. The summed E-state index contributed by atoms with van der Waals surface area (Å²) in [4.78, 5) is 22.5. The van der Waals surface area contributed by atoms with Crippen LogP contribution >= 0.6 is 11.8 Å². The molecule has 1 aromatic carbocycles. The highest BCUT2D eigenvalue weighted by atomic mass is 32.2. The number of fused-ring (bicyclic) bond motifs is 8. The normalized spacial score (nSPS) is 26.1. The van der Waals surface area contributed by atoms with Crippen molar-refractivity contribution in [3.05, 3.63) is 95.2 Å². The molecule has 224 valence electrons. The number of carbonyl (C=O) groups excluding carboxylic acids is 1. The largest absolute Gasteiger partial charge is 0.461 e. The molecule has 3 aliphatic carbocycles.